The molecule has 0 bridgehead atoms. The first kappa shape index (κ1) is 19.2. The summed E-state index contributed by atoms with van der Waals surface area (Å²) in [7, 11) is 0. The van der Waals surface area contributed by atoms with Crippen molar-refractivity contribution < 1.29 is 9.80 Å². The SMILES string of the molecule is O=c1[nH]c(C[NH+]2CC[NH+](Cc3cccc4ccccc34)CC2)nc2cc(Cl)ccc12. The minimum absolute atomic E-state index is 0.0914. The van der Waals surface area contributed by atoms with E-state index in [4.69, 9.17) is 11.6 Å². The van der Waals surface area contributed by atoms with Gasteiger partial charge in [0.25, 0.3) is 5.56 Å². The summed E-state index contributed by atoms with van der Waals surface area (Å²) in [5.41, 5.74) is 2.00. The number of H-pyrrole nitrogens is 1. The molecule has 30 heavy (non-hydrogen) atoms. The molecule has 152 valence electrons. The zero-order chi connectivity index (χ0) is 20.5. The zero-order valence-electron chi connectivity index (χ0n) is 16.7. The average molecular weight is 421 g/mol. The molecule has 3 N–H and O–H groups in total. The number of aromatic nitrogens is 2. The van der Waals surface area contributed by atoms with Crippen molar-refractivity contribution in [1.29, 1.82) is 0 Å². The first-order valence-corrected chi connectivity index (χ1v) is 10.9. The maximum absolute atomic E-state index is 12.4. The van der Waals surface area contributed by atoms with Crippen molar-refractivity contribution in [3.8, 4) is 0 Å². The molecule has 1 fully saturated rings. The Balaban J connectivity index is 1.25. The number of piperazine rings is 1. The monoisotopic (exact) mass is 420 g/mol. The summed E-state index contributed by atoms with van der Waals surface area (Å²) >= 11 is 6.07. The average Bonchev–Trinajstić information content (AvgIpc) is 2.75. The number of nitrogens with one attached hydrogen (secondary N) is 3. The molecule has 2 heterocycles. The van der Waals surface area contributed by atoms with Crippen molar-refractivity contribution in [2.45, 2.75) is 13.1 Å². The summed E-state index contributed by atoms with van der Waals surface area (Å²) in [5, 5.41) is 3.86. The summed E-state index contributed by atoms with van der Waals surface area (Å²) in [6.07, 6.45) is 0. The van der Waals surface area contributed by atoms with Crippen molar-refractivity contribution in [2.75, 3.05) is 26.2 Å². The van der Waals surface area contributed by atoms with Gasteiger partial charge in [-0.2, -0.15) is 0 Å². The first-order chi connectivity index (χ1) is 14.7. The second-order valence-corrected chi connectivity index (χ2v) is 8.60. The van der Waals surface area contributed by atoms with Gasteiger partial charge >= 0.3 is 0 Å². The molecule has 1 aliphatic heterocycles. The van der Waals surface area contributed by atoms with Gasteiger partial charge in [-0.25, -0.2) is 4.98 Å². The Kier molecular flexibility index (Phi) is 5.25. The molecule has 0 atom stereocenters. The number of benzene rings is 3. The van der Waals surface area contributed by atoms with E-state index < -0.39 is 0 Å². The van der Waals surface area contributed by atoms with E-state index in [9.17, 15) is 4.79 Å². The van der Waals surface area contributed by atoms with Crippen LogP contribution in [0.1, 0.15) is 11.4 Å². The lowest BCUT2D eigenvalue weighted by Crippen LogP contribution is -3.27. The lowest BCUT2D eigenvalue weighted by molar-refractivity contribution is -1.02. The zero-order valence-corrected chi connectivity index (χ0v) is 17.5. The van der Waals surface area contributed by atoms with Gasteiger partial charge in [-0.1, -0.05) is 54.1 Å². The third-order valence-corrected chi connectivity index (χ3v) is 6.35. The molecule has 3 aromatic carbocycles. The van der Waals surface area contributed by atoms with E-state index in [0.717, 1.165) is 45.1 Å². The number of quaternary nitrogens is 2. The van der Waals surface area contributed by atoms with Crippen LogP contribution in [0.5, 0.6) is 0 Å². The van der Waals surface area contributed by atoms with Crippen LogP contribution < -0.4 is 15.4 Å². The van der Waals surface area contributed by atoms with E-state index in [0.29, 0.717) is 15.9 Å². The summed E-state index contributed by atoms with van der Waals surface area (Å²) < 4.78 is 0. The first-order valence-electron chi connectivity index (χ1n) is 10.5. The Morgan fingerprint density at radius 1 is 0.867 bits per heavy atom. The highest BCUT2D eigenvalue weighted by molar-refractivity contribution is 6.31. The van der Waals surface area contributed by atoms with Gasteiger partial charge in [-0.3, -0.25) is 4.79 Å². The molecule has 0 unspecified atom stereocenters. The number of hydrogen-bond donors (Lipinski definition) is 3. The highest BCUT2D eigenvalue weighted by Gasteiger charge is 2.24. The Bertz CT molecular complexity index is 1260. The lowest BCUT2D eigenvalue weighted by Gasteiger charge is -2.29. The minimum Gasteiger partial charge on any atom is -0.322 e. The third-order valence-electron chi connectivity index (χ3n) is 6.12. The van der Waals surface area contributed by atoms with E-state index in [2.05, 4.69) is 52.4 Å². The molecule has 5 nitrogen and oxygen atoms in total. The molecule has 0 amide bonds. The fourth-order valence-corrected chi connectivity index (χ4v) is 4.67. The summed E-state index contributed by atoms with van der Waals surface area (Å²) in [4.78, 5) is 23.0. The fourth-order valence-electron chi connectivity index (χ4n) is 4.51. The van der Waals surface area contributed by atoms with Gasteiger partial charge in [0, 0.05) is 10.6 Å². The predicted molar refractivity (Wildman–Crippen MR) is 120 cm³/mol. The quantitative estimate of drug-likeness (QED) is 0.465. The number of halogens is 1. The highest BCUT2D eigenvalue weighted by atomic mass is 35.5. The van der Waals surface area contributed by atoms with Crippen molar-refractivity contribution in [2.24, 2.45) is 0 Å². The maximum Gasteiger partial charge on any atom is 0.258 e. The van der Waals surface area contributed by atoms with Gasteiger partial charge in [-0.15, -0.1) is 0 Å². The van der Waals surface area contributed by atoms with Crippen LogP contribution in [0, 0.1) is 0 Å². The van der Waals surface area contributed by atoms with Crippen LogP contribution in [0.25, 0.3) is 21.7 Å². The lowest BCUT2D eigenvalue weighted by atomic mass is 10.0. The molecule has 4 aromatic rings. The van der Waals surface area contributed by atoms with Crippen molar-refractivity contribution in [3.05, 3.63) is 87.4 Å². The topological polar surface area (TPSA) is 54.6 Å². The summed E-state index contributed by atoms with van der Waals surface area (Å²) in [6.45, 7) is 6.15. The summed E-state index contributed by atoms with van der Waals surface area (Å²) in [5.74, 6) is 0.738. The predicted octanol–water partition coefficient (Wildman–Crippen LogP) is 1.21. The van der Waals surface area contributed by atoms with E-state index >= 15 is 0 Å². The van der Waals surface area contributed by atoms with Crippen LogP contribution in [0.2, 0.25) is 5.02 Å². The molecular formula is C24H25ClN4O+2. The van der Waals surface area contributed by atoms with Crippen molar-refractivity contribution in [1.82, 2.24) is 9.97 Å². The van der Waals surface area contributed by atoms with Gasteiger partial charge in [-0.05, 0) is 29.0 Å². The highest BCUT2D eigenvalue weighted by Crippen LogP contribution is 2.17. The second kappa shape index (κ2) is 8.19. The van der Waals surface area contributed by atoms with E-state index in [1.54, 1.807) is 23.1 Å². The van der Waals surface area contributed by atoms with Crippen LogP contribution in [-0.2, 0) is 13.1 Å². The smallest absolute Gasteiger partial charge is 0.258 e. The van der Waals surface area contributed by atoms with Gasteiger partial charge in [0.15, 0.2) is 5.82 Å². The van der Waals surface area contributed by atoms with Crippen LogP contribution in [0.15, 0.2) is 65.5 Å². The Labute approximate surface area is 179 Å². The van der Waals surface area contributed by atoms with Gasteiger partial charge in [0.2, 0.25) is 0 Å². The molecule has 0 aliphatic carbocycles. The second-order valence-electron chi connectivity index (χ2n) is 8.17. The molecule has 6 heteroatoms. The summed E-state index contributed by atoms with van der Waals surface area (Å²) in [6, 6.07) is 20.4. The Morgan fingerprint density at radius 2 is 1.60 bits per heavy atom. The fraction of sp³-hybridized carbons (Fsp3) is 0.250. The van der Waals surface area contributed by atoms with Gasteiger partial charge in [0.1, 0.15) is 39.3 Å². The largest absolute Gasteiger partial charge is 0.322 e. The number of fused-ring (bicyclic) bond motifs is 2. The van der Waals surface area contributed by atoms with Crippen LogP contribution >= 0.6 is 11.6 Å². The van der Waals surface area contributed by atoms with Gasteiger partial charge in [0.05, 0.1) is 10.9 Å². The van der Waals surface area contributed by atoms with E-state index in [1.807, 2.05) is 0 Å². The number of aromatic amines is 1. The number of rotatable bonds is 4. The van der Waals surface area contributed by atoms with Crippen LogP contribution in [0.4, 0.5) is 0 Å². The molecule has 1 aliphatic rings. The number of hydrogen-bond acceptors (Lipinski definition) is 2. The van der Waals surface area contributed by atoms with E-state index in [-0.39, 0.29) is 5.56 Å². The Morgan fingerprint density at radius 3 is 2.43 bits per heavy atom. The molecule has 0 saturated carbocycles. The van der Waals surface area contributed by atoms with Crippen molar-refractivity contribution >= 4 is 33.3 Å². The van der Waals surface area contributed by atoms with Crippen LogP contribution in [-0.4, -0.2) is 36.1 Å². The third kappa shape index (κ3) is 3.97. The van der Waals surface area contributed by atoms with Gasteiger partial charge < -0.3 is 14.8 Å². The molecule has 5 rings (SSSR count). The van der Waals surface area contributed by atoms with E-state index in [1.165, 1.54) is 21.2 Å². The molecular weight excluding hydrogens is 396 g/mol. The molecule has 1 saturated heterocycles. The maximum atomic E-state index is 12.4. The molecule has 1 aromatic heterocycles. The number of nitrogens with zero attached hydrogens (tertiary/aromatic N) is 1. The minimum atomic E-state index is -0.0914. The molecule has 0 radical (unpaired) electrons. The normalized spacial score (nSPS) is 19.4. The van der Waals surface area contributed by atoms with Crippen molar-refractivity contribution in [3.63, 3.8) is 0 Å². The Hall–Kier alpha value is -2.73. The van der Waals surface area contributed by atoms with Crippen LogP contribution in [0.3, 0.4) is 0 Å². The molecule has 0 spiro atoms. The standard InChI is InChI=1S/C24H23ClN4O/c25-19-8-9-21-22(14-19)26-23(27-24(21)30)16-29-12-10-28(11-13-29)15-18-6-3-5-17-4-1-2-7-20(17)18/h1-9,14H,10-13,15-16H2,(H,26,27,30)/p+2.